The van der Waals surface area contributed by atoms with E-state index >= 15 is 0 Å². The first-order chi connectivity index (χ1) is 17.2. The number of carboxylic acid groups (broad SMARTS) is 1. The second kappa shape index (κ2) is 8.54. The summed E-state index contributed by atoms with van der Waals surface area (Å²) in [4.78, 5) is 35.1. The molecule has 3 aromatic carbocycles. The van der Waals surface area contributed by atoms with Gasteiger partial charge in [0.25, 0.3) is 0 Å². The van der Waals surface area contributed by atoms with Crippen molar-refractivity contribution in [1.82, 2.24) is 5.32 Å². The monoisotopic (exact) mass is 506 g/mol. The van der Waals surface area contributed by atoms with Gasteiger partial charge in [0, 0.05) is 40.9 Å². The molecular weight excluding hydrogens is 488 g/mol. The lowest BCUT2D eigenvalue weighted by atomic mass is 9.77. The molecule has 3 aromatic rings. The summed E-state index contributed by atoms with van der Waals surface area (Å²) in [5, 5.41) is 34.5. The molecule has 2 aliphatic heterocycles. The molecule has 2 aliphatic rings. The molecule has 1 atom stereocenters. The van der Waals surface area contributed by atoms with Crippen molar-refractivity contribution in [3.8, 4) is 23.0 Å². The first-order valence-electron chi connectivity index (χ1n) is 10.7. The Morgan fingerprint density at radius 1 is 1.00 bits per heavy atom. The third-order valence-electron chi connectivity index (χ3n) is 5.97. The number of anilines is 1. The molecule has 5 rings (SSSR count). The first-order valence-corrected chi connectivity index (χ1v) is 11.1. The maximum Gasteiger partial charge on any atom is 0.340 e. The molecule has 1 unspecified atom stereocenters. The van der Waals surface area contributed by atoms with Crippen LogP contribution in [0.25, 0.3) is 0 Å². The number of carboxylic acids is 1. The molecule has 5 N–H and O–H groups in total. The van der Waals surface area contributed by atoms with Crippen LogP contribution < -0.4 is 15.4 Å². The number of benzene rings is 3. The van der Waals surface area contributed by atoms with Crippen molar-refractivity contribution >= 4 is 41.2 Å². The zero-order chi connectivity index (χ0) is 25.6. The number of rotatable bonds is 5. The molecular formula is C25H18N2O8S. The van der Waals surface area contributed by atoms with E-state index in [1.54, 1.807) is 24.3 Å². The third kappa shape index (κ3) is 3.66. The van der Waals surface area contributed by atoms with E-state index in [0.29, 0.717) is 28.7 Å². The second-order valence-corrected chi connectivity index (χ2v) is 8.59. The van der Waals surface area contributed by atoms with Crippen LogP contribution >= 0.6 is 12.2 Å². The van der Waals surface area contributed by atoms with Crippen molar-refractivity contribution in [2.75, 3.05) is 5.32 Å². The van der Waals surface area contributed by atoms with Crippen LogP contribution in [-0.2, 0) is 19.9 Å². The highest BCUT2D eigenvalue weighted by atomic mass is 32.1. The average molecular weight is 506 g/mol. The number of fused-ring (bicyclic) bond motifs is 6. The number of esters is 1. The quantitative estimate of drug-likeness (QED) is 0.197. The van der Waals surface area contributed by atoms with Crippen LogP contribution in [0, 0.1) is 0 Å². The number of carbonyl (C=O) groups excluding carboxylic acids is 2. The number of nitrogens with one attached hydrogen (secondary N) is 2. The average Bonchev–Trinajstić information content (AvgIpc) is 3.10. The SMILES string of the molecule is O=CCC(NC(=S)Nc1ccc2c(c1)C(=O)OC21c2ccc(O)cc2Oc2cc(O)ccc21)C(=O)O. The lowest BCUT2D eigenvalue weighted by molar-refractivity contribution is -0.139. The van der Waals surface area contributed by atoms with E-state index < -0.39 is 23.6 Å². The fourth-order valence-electron chi connectivity index (χ4n) is 4.43. The highest BCUT2D eigenvalue weighted by Crippen LogP contribution is 2.57. The normalized spacial score (nSPS) is 14.9. The Labute approximate surface area is 209 Å². The smallest absolute Gasteiger partial charge is 0.340 e. The van der Waals surface area contributed by atoms with Gasteiger partial charge in [0.15, 0.2) is 10.7 Å². The standard InChI is InChI=1S/C25H18N2O8S/c28-8-7-19(22(31)32)27-24(36)26-12-1-4-16-15(9-12)23(33)35-25(16)17-5-2-13(29)10-20(17)34-21-11-14(30)3-6-18(21)25/h1-6,8-11,19,29-30H,7H2,(H,31,32)(H2,26,27,36). The highest BCUT2D eigenvalue weighted by Gasteiger charge is 2.53. The summed E-state index contributed by atoms with van der Waals surface area (Å²) in [6.07, 6.45) is 0.199. The molecule has 10 nitrogen and oxygen atoms in total. The Hall–Kier alpha value is -4.64. The number of hydrogen-bond acceptors (Lipinski definition) is 8. The minimum Gasteiger partial charge on any atom is -0.508 e. The van der Waals surface area contributed by atoms with Gasteiger partial charge in [0.2, 0.25) is 0 Å². The van der Waals surface area contributed by atoms with Crippen LogP contribution in [0.5, 0.6) is 23.0 Å². The molecule has 2 heterocycles. The minimum atomic E-state index is -1.40. The Balaban J connectivity index is 1.56. The molecule has 11 heteroatoms. The zero-order valence-corrected chi connectivity index (χ0v) is 19.2. The van der Waals surface area contributed by atoms with Crippen molar-refractivity contribution in [3.63, 3.8) is 0 Å². The number of hydrogen-bond donors (Lipinski definition) is 5. The van der Waals surface area contributed by atoms with E-state index in [4.69, 9.17) is 21.7 Å². The van der Waals surface area contributed by atoms with Gasteiger partial charge in [-0.05, 0) is 48.6 Å². The summed E-state index contributed by atoms with van der Waals surface area (Å²) >= 11 is 5.17. The van der Waals surface area contributed by atoms with Crippen molar-refractivity contribution < 1.29 is 39.2 Å². The topological polar surface area (TPSA) is 154 Å². The molecule has 0 radical (unpaired) electrons. The van der Waals surface area contributed by atoms with E-state index in [-0.39, 0.29) is 40.1 Å². The Morgan fingerprint density at radius 2 is 1.61 bits per heavy atom. The van der Waals surface area contributed by atoms with Gasteiger partial charge in [-0.3, -0.25) is 0 Å². The summed E-state index contributed by atoms with van der Waals surface area (Å²) in [5.74, 6) is -1.44. The molecule has 0 aromatic heterocycles. The number of thiocarbonyl (C=S) groups is 1. The van der Waals surface area contributed by atoms with Crippen molar-refractivity contribution in [2.45, 2.75) is 18.1 Å². The molecule has 0 aliphatic carbocycles. The van der Waals surface area contributed by atoms with Crippen LogP contribution in [0.4, 0.5) is 5.69 Å². The fourth-order valence-corrected chi connectivity index (χ4v) is 4.69. The van der Waals surface area contributed by atoms with Gasteiger partial charge >= 0.3 is 11.9 Å². The van der Waals surface area contributed by atoms with E-state index in [9.17, 15) is 29.7 Å². The maximum atomic E-state index is 13.1. The lowest BCUT2D eigenvalue weighted by Gasteiger charge is -2.36. The minimum absolute atomic E-state index is 0.0435. The van der Waals surface area contributed by atoms with Crippen LogP contribution in [-0.4, -0.2) is 44.7 Å². The van der Waals surface area contributed by atoms with Crippen LogP contribution in [0.3, 0.4) is 0 Å². The summed E-state index contributed by atoms with van der Waals surface area (Å²) in [6, 6.07) is 12.5. The molecule has 0 fully saturated rings. The number of carbonyl (C=O) groups is 3. The van der Waals surface area contributed by atoms with Gasteiger partial charge < -0.3 is 40.2 Å². The van der Waals surface area contributed by atoms with Crippen LogP contribution in [0.15, 0.2) is 54.6 Å². The molecule has 0 amide bonds. The van der Waals surface area contributed by atoms with Gasteiger partial charge in [0.05, 0.1) is 5.56 Å². The fraction of sp³-hybridized carbons (Fsp3) is 0.120. The van der Waals surface area contributed by atoms with Gasteiger partial charge in [-0.15, -0.1) is 0 Å². The maximum absolute atomic E-state index is 13.1. The van der Waals surface area contributed by atoms with Gasteiger partial charge in [-0.1, -0.05) is 6.07 Å². The van der Waals surface area contributed by atoms with Gasteiger partial charge in [-0.25, -0.2) is 9.59 Å². The predicted molar refractivity (Wildman–Crippen MR) is 129 cm³/mol. The summed E-state index contributed by atoms with van der Waals surface area (Å²) in [7, 11) is 0. The molecule has 182 valence electrons. The predicted octanol–water partition coefficient (Wildman–Crippen LogP) is 2.99. The van der Waals surface area contributed by atoms with Crippen LogP contribution in [0.2, 0.25) is 0 Å². The first kappa shape index (κ1) is 23.1. The molecule has 0 bridgehead atoms. The van der Waals surface area contributed by atoms with Crippen LogP contribution in [0.1, 0.15) is 33.5 Å². The molecule has 36 heavy (non-hydrogen) atoms. The zero-order valence-electron chi connectivity index (χ0n) is 18.3. The van der Waals surface area contributed by atoms with E-state index in [0.717, 1.165) is 0 Å². The third-order valence-corrected chi connectivity index (χ3v) is 6.19. The number of ether oxygens (including phenoxy) is 2. The number of aliphatic carboxylic acids is 1. The van der Waals surface area contributed by atoms with E-state index in [2.05, 4.69) is 10.6 Å². The number of aromatic hydroxyl groups is 2. The largest absolute Gasteiger partial charge is 0.508 e. The Morgan fingerprint density at radius 3 is 2.19 bits per heavy atom. The van der Waals surface area contributed by atoms with Crippen molar-refractivity contribution in [1.29, 1.82) is 0 Å². The summed E-state index contributed by atoms with van der Waals surface area (Å²) < 4.78 is 11.9. The molecule has 0 saturated heterocycles. The lowest BCUT2D eigenvalue weighted by Crippen LogP contribution is -2.43. The van der Waals surface area contributed by atoms with E-state index in [1.807, 2.05) is 0 Å². The van der Waals surface area contributed by atoms with E-state index in [1.165, 1.54) is 30.3 Å². The van der Waals surface area contributed by atoms with Crippen molar-refractivity contribution in [3.05, 3.63) is 76.9 Å². The van der Waals surface area contributed by atoms with Crippen molar-refractivity contribution in [2.24, 2.45) is 0 Å². The van der Waals surface area contributed by atoms with Gasteiger partial charge in [-0.2, -0.15) is 0 Å². The number of aldehydes is 1. The Bertz CT molecular complexity index is 1400. The number of phenolic OH excluding ortho intramolecular Hbond substituents is 2. The molecule has 0 saturated carbocycles. The number of phenols is 2. The molecule has 1 spiro atoms. The second-order valence-electron chi connectivity index (χ2n) is 8.19. The summed E-state index contributed by atoms with van der Waals surface area (Å²) in [6.45, 7) is 0. The highest BCUT2D eigenvalue weighted by molar-refractivity contribution is 7.80. The van der Waals surface area contributed by atoms with Gasteiger partial charge in [0.1, 0.15) is 35.3 Å². The Kier molecular flexibility index (Phi) is 5.48. The summed E-state index contributed by atoms with van der Waals surface area (Å²) in [5.41, 5.74) is 0.698.